The van der Waals surface area contributed by atoms with E-state index in [0.29, 0.717) is 6.54 Å². The van der Waals surface area contributed by atoms with Crippen LogP contribution < -0.4 is 0 Å². The monoisotopic (exact) mass is 323 g/mol. The van der Waals surface area contributed by atoms with E-state index in [2.05, 4.69) is 46.0 Å². The van der Waals surface area contributed by atoms with Crippen LogP contribution in [0.5, 0.6) is 0 Å². The molecule has 5 heteroatoms. The number of nitrogens with zero attached hydrogens (tertiary/aromatic N) is 3. The number of carbonyl (C=O) groups excluding carboxylic acids is 1. The quantitative estimate of drug-likeness (QED) is 0.614. The third-order valence-corrected chi connectivity index (χ3v) is 4.30. The minimum atomic E-state index is -0.0423. The van der Waals surface area contributed by atoms with Crippen LogP contribution in [-0.2, 0) is 23.3 Å². The maximum atomic E-state index is 12.3. The first-order valence-electron chi connectivity index (χ1n) is 7.94. The molecule has 0 aliphatic heterocycles. The summed E-state index contributed by atoms with van der Waals surface area (Å²) in [5, 5.41) is 4.69. The van der Waals surface area contributed by atoms with Gasteiger partial charge in [-0.05, 0) is 19.8 Å². The highest BCUT2D eigenvalue weighted by Crippen LogP contribution is 2.27. The van der Waals surface area contributed by atoms with Crippen LogP contribution in [0.4, 0.5) is 0 Å². The predicted octanol–water partition coefficient (Wildman–Crippen LogP) is 3.49. The summed E-state index contributed by atoms with van der Waals surface area (Å²) >= 11 is 5.82. The number of hydrogen-bond acceptors (Lipinski definition) is 2. The molecule has 0 unspecified atom stereocenters. The van der Waals surface area contributed by atoms with Gasteiger partial charge in [0.05, 0.1) is 5.69 Å². The van der Waals surface area contributed by atoms with Crippen LogP contribution >= 0.6 is 11.6 Å². The Labute approximate surface area is 138 Å². The molecule has 2 rings (SSSR count). The van der Waals surface area contributed by atoms with Gasteiger partial charge in [-0.15, -0.1) is 11.6 Å². The van der Waals surface area contributed by atoms with E-state index in [4.69, 9.17) is 16.7 Å². The third-order valence-electron chi connectivity index (χ3n) is 4.07. The molecule has 0 saturated heterocycles. The molecule has 0 bridgehead atoms. The van der Waals surface area contributed by atoms with Crippen LogP contribution in [0.1, 0.15) is 51.8 Å². The van der Waals surface area contributed by atoms with Crippen molar-refractivity contribution < 1.29 is 4.79 Å². The van der Waals surface area contributed by atoms with Gasteiger partial charge in [0.15, 0.2) is 0 Å². The lowest BCUT2D eigenvalue weighted by molar-refractivity contribution is -0.131. The second kappa shape index (κ2) is 6.86. The largest absolute Gasteiger partial charge is 0.334 e. The highest BCUT2D eigenvalue weighted by atomic mass is 35.5. The van der Waals surface area contributed by atoms with Gasteiger partial charge in [0.2, 0.25) is 5.91 Å². The molecular weight excluding hydrogens is 298 g/mol. The third kappa shape index (κ3) is 3.72. The van der Waals surface area contributed by atoms with E-state index in [-0.39, 0.29) is 23.2 Å². The minimum absolute atomic E-state index is 0.000487. The van der Waals surface area contributed by atoms with Gasteiger partial charge >= 0.3 is 0 Å². The lowest BCUT2D eigenvalue weighted by Gasteiger charge is -2.29. The highest BCUT2D eigenvalue weighted by molar-refractivity contribution is 6.27. The number of alkyl halides is 1. The van der Waals surface area contributed by atoms with Gasteiger partial charge in [-0.2, -0.15) is 5.10 Å². The topological polar surface area (TPSA) is 38.1 Å². The van der Waals surface area contributed by atoms with Gasteiger partial charge in [-0.1, -0.05) is 32.9 Å². The van der Waals surface area contributed by atoms with Crippen molar-refractivity contribution in [2.75, 3.05) is 5.88 Å². The number of aromatic nitrogens is 2. The van der Waals surface area contributed by atoms with Gasteiger partial charge in [0.25, 0.3) is 0 Å². The number of amides is 1. The fraction of sp³-hybridized carbons (Fsp3) is 0.647. The summed E-state index contributed by atoms with van der Waals surface area (Å²) in [6.07, 6.45) is 8.17. The van der Waals surface area contributed by atoms with Crippen molar-refractivity contribution in [3.8, 4) is 0 Å². The van der Waals surface area contributed by atoms with E-state index >= 15 is 0 Å². The summed E-state index contributed by atoms with van der Waals surface area (Å²) in [6.45, 7) is 9.96. The van der Waals surface area contributed by atoms with E-state index in [0.717, 1.165) is 30.6 Å². The molecule has 1 heterocycles. The smallest absolute Gasteiger partial charge is 0.238 e. The van der Waals surface area contributed by atoms with E-state index in [1.807, 2.05) is 9.58 Å². The lowest BCUT2D eigenvalue weighted by atomic mass is 9.89. The van der Waals surface area contributed by atoms with Crippen LogP contribution in [0.25, 0.3) is 0 Å². The second-order valence-corrected chi connectivity index (χ2v) is 7.13. The average molecular weight is 324 g/mol. The first kappa shape index (κ1) is 17.1. The molecular formula is C17H26ClN3O. The first-order chi connectivity index (χ1) is 10.4. The van der Waals surface area contributed by atoms with Crippen molar-refractivity contribution in [1.82, 2.24) is 14.7 Å². The summed E-state index contributed by atoms with van der Waals surface area (Å²) < 4.78 is 1.95. The predicted molar refractivity (Wildman–Crippen MR) is 90.0 cm³/mol. The van der Waals surface area contributed by atoms with Crippen molar-refractivity contribution in [2.24, 2.45) is 0 Å². The fourth-order valence-corrected chi connectivity index (χ4v) is 3.06. The Kier molecular flexibility index (Phi) is 5.32. The molecule has 1 aliphatic rings. The molecule has 1 aliphatic carbocycles. The van der Waals surface area contributed by atoms with Crippen LogP contribution in [0.15, 0.2) is 18.3 Å². The Morgan fingerprint density at radius 3 is 2.55 bits per heavy atom. The van der Waals surface area contributed by atoms with Gasteiger partial charge in [-0.25, -0.2) is 0 Å². The van der Waals surface area contributed by atoms with Crippen LogP contribution in [0.3, 0.4) is 0 Å². The second-order valence-electron chi connectivity index (χ2n) is 6.86. The molecule has 0 atom stereocenters. The summed E-state index contributed by atoms with van der Waals surface area (Å²) in [4.78, 5) is 14.2. The maximum Gasteiger partial charge on any atom is 0.238 e. The molecule has 1 aromatic heterocycles. The van der Waals surface area contributed by atoms with E-state index in [1.54, 1.807) is 0 Å². The van der Waals surface area contributed by atoms with Crippen molar-refractivity contribution in [1.29, 1.82) is 0 Å². The standard InChI is InChI=1S/C17H26ClN3O/c1-5-20-11-13(16(19-20)17(2,3)4)12-21(15(22)10-18)14-8-6-7-9-14/h6-7,11,14H,5,8-10,12H2,1-4H3. The van der Waals surface area contributed by atoms with Crippen molar-refractivity contribution in [2.45, 2.75) is 65.1 Å². The van der Waals surface area contributed by atoms with Crippen molar-refractivity contribution in [3.05, 3.63) is 29.6 Å². The number of carbonyl (C=O) groups is 1. The zero-order valence-electron chi connectivity index (χ0n) is 14.0. The Balaban J connectivity index is 2.29. The maximum absolute atomic E-state index is 12.3. The van der Waals surface area contributed by atoms with E-state index in [1.165, 1.54) is 0 Å². The average Bonchev–Trinajstić information content (AvgIpc) is 3.12. The molecule has 122 valence electrons. The normalized spacial score (nSPS) is 15.5. The van der Waals surface area contributed by atoms with Crippen LogP contribution in [0.2, 0.25) is 0 Å². The fourth-order valence-electron chi connectivity index (χ4n) is 2.91. The zero-order valence-corrected chi connectivity index (χ0v) is 14.7. The highest BCUT2D eigenvalue weighted by Gasteiger charge is 2.28. The van der Waals surface area contributed by atoms with Crippen LogP contribution in [-0.4, -0.2) is 32.5 Å². The zero-order chi connectivity index (χ0) is 16.3. The van der Waals surface area contributed by atoms with Crippen LogP contribution in [0, 0.1) is 0 Å². The van der Waals surface area contributed by atoms with E-state index < -0.39 is 0 Å². The molecule has 0 spiro atoms. The SMILES string of the molecule is CCn1cc(CN(C(=O)CCl)C2CC=CC2)c(C(C)(C)C)n1. The van der Waals surface area contributed by atoms with Gasteiger partial charge in [0.1, 0.15) is 5.88 Å². The number of hydrogen-bond donors (Lipinski definition) is 0. The first-order valence-corrected chi connectivity index (χ1v) is 8.47. The van der Waals surface area contributed by atoms with Gasteiger partial charge in [-0.3, -0.25) is 9.48 Å². The molecule has 0 saturated carbocycles. The molecule has 0 N–H and O–H groups in total. The molecule has 0 aromatic carbocycles. The summed E-state index contributed by atoms with van der Waals surface area (Å²) in [6, 6.07) is 0.226. The Hall–Kier alpha value is -1.29. The Bertz CT molecular complexity index is 549. The molecule has 4 nitrogen and oxygen atoms in total. The van der Waals surface area contributed by atoms with Crippen molar-refractivity contribution in [3.63, 3.8) is 0 Å². The van der Waals surface area contributed by atoms with Gasteiger partial charge < -0.3 is 4.90 Å². The van der Waals surface area contributed by atoms with Crippen molar-refractivity contribution >= 4 is 17.5 Å². The molecule has 1 amide bonds. The minimum Gasteiger partial charge on any atom is -0.334 e. The Morgan fingerprint density at radius 2 is 2.05 bits per heavy atom. The molecule has 0 fully saturated rings. The molecule has 0 radical (unpaired) electrons. The molecule has 1 aromatic rings. The van der Waals surface area contributed by atoms with E-state index in [9.17, 15) is 4.79 Å². The summed E-state index contributed by atoms with van der Waals surface area (Å²) in [7, 11) is 0. The molecule has 22 heavy (non-hydrogen) atoms. The summed E-state index contributed by atoms with van der Waals surface area (Å²) in [5.74, 6) is 0.0305. The Morgan fingerprint density at radius 1 is 1.41 bits per heavy atom. The number of halogens is 1. The summed E-state index contributed by atoms with van der Waals surface area (Å²) in [5.41, 5.74) is 2.15. The number of rotatable bonds is 5. The lowest BCUT2D eigenvalue weighted by Crippen LogP contribution is -2.39. The van der Waals surface area contributed by atoms with Gasteiger partial charge in [0, 0.05) is 36.3 Å². The number of aryl methyl sites for hydroxylation is 1.